The zero-order chi connectivity index (χ0) is 19.6. The lowest BCUT2D eigenvalue weighted by Crippen LogP contribution is -2.35. The van der Waals surface area contributed by atoms with Gasteiger partial charge in [0.1, 0.15) is 11.2 Å². The average Bonchev–Trinajstić information content (AvgIpc) is 2.35. The van der Waals surface area contributed by atoms with Gasteiger partial charge in [0.15, 0.2) is 0 Å². The Morgan fingerprint density at radius 2 is 1.52 bits per heavy atom. The molecule has 1 aromatic carbocycles. The molecule has 1 aromatic rings. The summed E-state index contributed by atoms with van der Waals surface area (Å²) in [5.41, 5.74) is -0.623. The topological polar surface area (TPSA) is 105 Å². The third-order valence-corrected chi connectivity index (χ3v) is 2.99. The lowest BCUT2D eigenvalue weighted by atomic mass is 9.75. The van der Waals surface area contributed by atoms with Crippen LogP contribution in [0.15, 0.2) is 12.1 Å². The molecular weight excluding hydrogens is 325 g/mol. The number of benzene rings is 1. The lowest BCUT2D eigenvalue weighted by Gasteiger charge is -2.22. The van der Waals surface area contributed by atoms with E-state index in [1.54, 1.807) is 48.5 Å². The molecule has 0 aliphatic carbocycles. The molecule has 0 spiro atoms. The van der Waals surface area contributed by atoms with Crippen LogP contribution in [0, 0.1) is 6.92 Å². The van der Waals surface area contributed by atoms with Crippen LogP contribution in [0.25, 0.3) is 0 Å². The molecule has 138 valence electrons. The Labute approximate surface area is 148 Å². The van der Waals surface area contributed by atoms with E-state index in [1.165, 1.54) is 12.1 Å². The van der Waals surface area contributed by atoms with Crippen molar-refractivity contribution < 1.29 is 29.1 Å². The van der Waals surface area contributed by atoms with E-state index < -0.39 is 30.4 Å². The van der Waals surface area contributed by atoms with E-state index in [4.69, 9.17) is 9.47 Å². The highest BCUT2D eigenvalue weighted by molar-refractivity contribution is 6.59. The van der Waals surface area contributed by atoms with Crippen LogP contribution in [-0.2, 0) is 9.47 Å². The smallest absolute Gasteiger partial charge is 0.456 e. The molecule has 3 N–H and O–H groups in total. The van der Waals surface area contributed by atoms with Gasteiger partial charge >= 0.3 is 19.2 Å². The zero-order valence-electron chi connectivity index (χ0n) is 15.8. The number of hydrogen-bond donors (Lipinski definition) is 3. The largest absolute Gasteiger partial charge is 0.488 e. The van der Waals surface area contributed by atoms with E-state index in [1.807, 2.05) is 0 Å². The molecule has 0 atom stereocenters. The number of rotatable bonds is 3. The van der Waals surface area contributed by atoms with E-state index in [9.17, 15) is 19.6 Å². The SMILES string of the molecule is Cc1c(B(O)O)cc(NC(=O)OC(C)(C)C)cc1C(=O)OC(C)(C)C. The van der Waals surface area contributed by atoms with Crippen LogP contribution in [0.4, 0.5) is 10.5 Å². The summed E-state index contributed by atoms with van der Waals surface area (Å²) in [6, 6.07) is 2.79. The molecular formula is C17H26BNO6. The molecule has 0 fully saturated rings. The minimum absolute atomic E-state index is 0.0921. The summed E-state index contributed by atoms with van der Waals surface area (Å²) in [7, 11) is -1.80. The fourth-order valence-electron chi connectivity index (χ4n) is 2.04. The molecule has 8 heteroatoms. The standard InChI is InChI=1S/C17H26BNO6/c1-10-12(14(20)24-16(2,3)4)8-11(9-13(10)18(22)23)19-15(21)25-17(5,6)7/h8-9,22-23H,1-7H3,(H,19,21). The molecule has 0 aliphatic rings. The normalized spacial score (nSPS) is 11.7. The maximum atomic E-state index is 12.4. The van der Waals surface area contributed by atoms with Crippen molar-refractivity contribution in [1.82, 2.24) is 0 Å². The first-order valence-electron chi connectivity index (χ1n) is 7.93. The second kappa shape index (κ2) is 7.45. The van der Waals surface area contributed by atoms with Crippen LogP contribution in [0.1, 0.15) is 57.5 Å². The molecule has 7 nitrogen and oxygen atoms in total. The van der Waals surface area contributed by atoms with E-state index in [0.717, 1.165) is 0 Å². The molecule has 0 bridgehead atoms. The molecule has 1 amide bonds. The maximum Gasteiger partial charge on any atom is 0.488 e. The van der Waals surface area contributed by atoms with Gasteiger partial charge in [-0.25, -0.2) is 9.59 Å². The zero-order valence-corrected chi connectivity index (χ0v) is 15.8. The summed E-state index contributed by atoms with van der Waals surface area (Å²) in [5, 5.41) is 21.6. The molecule has 0 saturated carbocycles. The minimum atomic E-state index is -1.80. The molecule has 0 radical (unpaired) electrons. The van der Waals surface area contributed by atoms with Crippen molar-refractivity contribution >= 4 is 30.3 Å². The minimum Gasteiger partial charge on any atom is -0.456 e. The average molecular weight is 351 g/mol. The monoisotopic (exact) mass is 351 g/mol. The fraction of sp³-hybridized carbons (Fsp3) is 0.529. The summed E-state index contributed by atoms with van der Waals surface area (Å²) in [6.45, 7) is 11.9. The van der Waals surface area contributed by atoms with E-state index in [-0.39, 0.29) is 16.7 Å². The summed E-state index contributed by atoms with van der Waals surface area (Å²) >= 11 is 0. The lowest BCUT2D eigenvalue weighted by molar-refractivity contribution is 0.00685. The number of amides is 1. The Balaban J connectivity index is 3.23. The first-order chi connectivity index (χ1) is 11.2. The second-order valence-corrected chi connectivity index (χ2v) is 7.74. The summed E-state index contributed by atoms with van der Waals surface area (Å²) < 4.78 is 10.5. The van der Waals surface area contributed by atoms with Crippen LogP contribution < -0.4 is 10.8 Å². The first kappa shape index (κ1) is 21.0. The summed E-state index contributed by atoms with van der Waals surface area (Å²) in [4.78, 5) is 24.3. The van der Waals surface area contributed by atoms with Crippen molar-refractivity contribution in [1.29, 1.82) is 0 Å². The Morgan fingerprint density at radius 1 is 1.00 bits per heavy atom. The third-order valence-electron chi connectivity index (χ3n) is 2.99. The van der Waals surface area contributed by atoms with Gasteiger partial charge in [-0.15, -0.1) is 0 Å². The van der Waals surface area contributed by atoms with Crippen LogP contribution >= 0.6 is 0 Å². The van der Waals surface area contributed by atoms with Crippen molar-refractivity contribution in [2.45, 2.75) is 59.7 Å². The number of carbonyl (C=O) groups is 2. The van der Waals surface area contributed by atoms with E-state index in [0.29, 0.717) is 5.56 Å². The van der Waals surface area contributed by atoms with Gasteiger partial charge in [0.2, 0.25) is 0 Å². The molecule has 0 saturated heterocycles. The van der Waals surface area contributed by atoms with Gasteiger partial charge in [0.25, 0.3) is 0 Å². The highest BCUT2D eigenvalue weighted by Crippen LogP contribution is 2.19. The Bertz CT molecular complexity index is 658. The highest BCUT2D eigenvalue weighted by Gasteiger charge is 2.25. The van der Waals surface area contributed by atoms with Crippen LogP contribution in [0.5, 0.6) is 0 Å². The number of nitrogens with one attached hydrogen (secondary N) is 1. The van der Waals surface area contributed by atoms with Crippen LogP contribution in [0.3, 0.4) is 0 Å². The van der Waals surface area contributed by atoms with Gasteiger partial charge < -0.3 is 19.5 Å². The molecule has 0 heterocycles. The Hall–Kier alpha value is -2.06. The summed E-state index contributed by atoms with van der Waals surface area (Å²) in [6.07, 6.45) is -0.718. The third kappa shape index (κ3) is 6.76. The van der Waals surface area contributed by atoms with E-state index >= 15 is 0 Å². The second-order valence-electron chi connectivity index (χ2n) is 7.74. The highest BCUT2D eigenvalue weighted by atomic mass is 16.6. The van der Waals surface area contributed by atoms with Gasteiger partial charge in [-0.05, 0) is 71.6 Å². The van der Waals surface area contributed by atoms with Crippen LogP contribution in [-0.4, -0.2) is 40.4 Å². The molecule has 0 aliphatic heterocycles. The van der Waals surface area contributed by atoms with Crippen molar-refractivity contribution in [3.63, 3.8) is 0 Å². The maximum absolute atomic E-state index is 12.4. The number of anilines is 1. The van der Waals surface area contributed by atoms with Gasteiger partial charge in [-0.2, -0.15) is 0 Å². The van der Waals surface area contributed by atoms with Crippen molar-refractivity contribution in [3.8, 4) is 0 Å². The predicted octanol–water partition coefficient (Wildman–Crippen LogP) is 1.98. The van der Waals surface area contributed by atoms with Gasteiger partial charge in [-0.3, -0.25) is 5.32 Å². The van der Waals surface area contributed by atoms with E-state index in [2.05, 4.69) is 5.32 Å². The van der Waals surface area contributed by atoms with Crippen LogP contribution in [0.2, 0.25) is 0 Å². The molecule has 0 aromatic heterocycles. The van der Waals surface area contributed by atoms with Crippen molar-refractivity contribution in [3.05, 3.63) is 23.3 Å². The number of carbonyl (C=O) groups excluding carboxylic acids is 2. The fourth-order valence-corrected chi connectivity index (χ4v) is 2.04. The number of esters is 1. The van der Waals surface area contributed by atoms with Gasteiger partial charge in [-0.1, -0.05) is 0 Å². The van der Waals surface area contributed by atoms with Crippen molar-refractivity contribution in [2.75, 3.05) is 5.32 Å². The Morgan fingerprint density at radius 3 is 1.96 bits per heavy atom. The predicted molar refractivity (Wildman–Crippen MR) is 96.0 cm³/mol. The van der Waals surface area contributed by atoms with Gasteiger partial charge in [0, 0.05) is 5.69 Å². The summed E-state index contributed by atoms with van der Waals surface area (Å²) in [5.74, 6) is -0.625. The number of hydrogen-bond acceptors (Lipinski definition) is 6. The number of ether oxygens (including phenoxy) is 2. The molecule has 25 heavy (non-hydrogen) atoms. The molecule has 1 rings (SSSR count). The molecule has 0 unspecified atom stereocenters. The Kier molecular flexibility index (Phi) is 6.26. The quantitative estimate of drug-likeness (QED) is 0.568. The first-order valence-corrected chi connectivity index (χ1v) is 7.93. The van der Waals surface area contributed by atoms with Crippen molar-refractivity contribution in [2.24, 2.45) is 0 Å². The van der Waals surface area contributed by atoms with Gasteiger partial charge in [0.05, 0.1) is 5.56 Å².